The minimum absolute atomic E-state index is 0.177. The van der Waals surface area contributed by atoms with Crippen LogP contribution >= 0.6 is 45.6 Å². The Labute approximate surface area is 132 Å². The summed E-state index contributed by atoms with van der Waals surface area (Å²) in [5, 5.41) is 4.87. The molecule has 3 heterocycles. The smallest absolute Gasteiger partial charge is 0.348 e. The maximum absolute atomic E-state index is 11.8. The van der Waals surface area contributed by atoms with Crippen LogP contribution in [0.2, 0.25) is 4.34 Å². The average molecular weight is 342 g/mol. The monoisotopic (exact) mass is 341 g/mol. The van der Waals surface area contributed by atoms with Crippen LogP contribution in [0.25, 0.3) is 9.88 Å². The Bertz CT molecular complexity index is 718. The van der Waals surface area contributed by atoms with Crippen LogP contribution in [0, 0.1) is 0 Å². The van der Waals surface area contributed by atoms with E-state index in [4.69, 9.17) is 16.3 Å². The van der Waals surface area contributed by atoms with E-state index in [1.165, 1.54) is 11.3 Å². The molecule has 3 aromatic rings. The van der Waals surface area contributed by atoms with Crippen molar-refractivity contribution in [3.8, 4) is 9.88 Å². The Morgan fingerprint density at radius 2 is 2.20 bits per heavy atom. The van der Waals surface area contributed by atoms with Gasteiger partial charge in [0.2, 0.25) is 0 Å². The number of aromatic nitrogens is 1. The number of nitrogens with zero attached hydrogens (tertiary/aromatic N) is 1. The van der Waals surface area contributed by atoms with E-state index in [9.17, 15) is 4.79 Å². The van der Waals surface area contributed by atoms with Gasteiger partial charge in [-0.15, -0.1) is 34.0 Å². The number of rotatable bonds is 4. The molecule has 3 aromatic heterocycles. The Kier molecular flexibility index (Phi) is 4.16. The van der Waals surface area contributed by atoms with E-state index < -0.39 is 0 Å². The third kappa shape index (κ3) is 3.09. The SMILES string of the molecule is O=C(OCc1csc(-c2cccs2)n1)c1ccc(Cl)s1. The van der Waals surface area contributed by atoms with Crippen molar-refractivity contribution in [1.82, 2.24) is 4.98 Å². The second kappa shape index (κ2) is 6.05. The standard InChI is InChI=1S/C13H8ClNO2S3/c14-11-4-3-10(20-11)13(16)17-6-8-7-19-12(15-8)9-2-1-5-18-9/h1-5,7H,6H2. The molecule has 20 heavy (non-hydrogen) atoms. The van der Waals surface area contributed by atoms with Gasteiger partial charge in [0.15, 0.2) is 0 Å². The molecule has 0 aliphatic rings. The Hall–Kier alpha value is -1.21. The summed E-state index contributed by atoms with van der Waals surface area (Å²) in [7, 11) is 0. The number of hydrogen-bond donors (Lipinski definition) is 0. The minimum Gasteiger partial charge on any atom is -0.455 e. The molecular formula is C13H8ClNO2S3. The van der Waals surface area contributed by atoms with E-state index in [1.54, 1.807) is 34.8 Å². The second-order valence-corrected chi connectivity index (χ2v) is 7.32. The molecule has 0 aliphatic carbocycles. The zero-order chi connectivity index (χ0) is 13.9. The van der Waals surface area contributed by atoms with Gasteiger partial charge in [-0.05, 0) is 23.6 Å². The first-order valence-corrected chi connectivity index (χ1v) is 8.58. The van der Waals surface area contributed by atoms with Gasteiger partial charge in [0, 0.05) is 5.38 Å². The molecule has 0 atom stereocenters. The molecule has 0 radical (unpaired) electrons. The highest BCUT2D eigenvalue weighted by molar-refractivity contribution is 7.20. The van der Waals surface area contributed by atoms with E-state index in [0.29, 0.717) is 9.21 Å². The van der Waals surface area contributed by atoms with Crippen molar-refractivity contribution in [3.63, 3.8) is 0 Å². The van der Waals surface area contributed by atoms with Crippen LogP contribution < -0.4 is 0 Å². The van der Waals surface area contributed by atoms with E-state index >= 15 is 0 Å². The summed E-state index contributed by atoms with van der Waals surface area (Å²) in [5.41, 5.74) is 0.759. The van der Waals surface area contributed by atoms with Gasteiger partial charge in [-0.2, -0.15) is 0 Å². The summed E-state index contributed by atoms with van der Waals surface area (Å²) in [6.07, 6.45) is 0. The maximum atomic E-state index is 11.8. The van der Waals surface area contributed by atoms with Crippen LogP contribution in [0.1, 0.15) is 15.4 Å². The zero-order valence-corrected chi connectivity index (χ0v) is 13.2. The third-order valence-electron chi connectivity index (χ3n) is 2.41. The van der Waals surface area contributed by atoms with Crippen molar-refractivity contribution in [2.24, 2.45) is 0 Å². The maximum Gasteiger partial charge on any atom is 0.348 e. The molecule has 0 aromatic carbocycles. The van der Waals surface area contributed by atoms with Crippen molar-refractivity contribution < 1.29 is 9.53 Å². The number of carbonyl (C=O) groups is 1. The van der Waals surface area contributed by atoms with Crippen LogP contribution in [0.5, 0.6) is 0 Å². The van der Waals surface area contributed by atoms with Crippen molar-refractivity contribution in [3.05, 3.63) is 49.9 Å². The van der Waals surface area contributed by atoms with E-state index in [2.05, 4.69) is 4.98 Å². The molecule has 0 spiro atoms. The van der Waals surface area contributed by atoms with E-state index in [0.717, 1.165) is 15.6 Å². The predicted molar refractivity (Wildman–Crippen MR) is 83.9 cm³/mol. The van der Waals surface area contributed by atoms with Crippen molar-refractivity contribution >= 4 is 51.6 Å². The second-order valence-electron chi connectivity index (χ2n) is 3.80. The summed E-state index contributed by atoms with van der Waals surface area (Å²) in [5.74, 6) is -0.368. The minimum atomic E-state index is -0.368. The lowest BCUT2D eigenvalue weighted by atomic mass is 10.4. The summed E-state index contributed by atoms with van der Waals surface area (Å²) in [6.45, 7) is 0.177. The summed E-state index contributed by atoms with van der Waals surface area (Å²) in [4.78, 5) is 17.9. The molecule has 0 unspecified atom stereocenters. The van der Waals surface area contributed by atoms with Gasteiger partial charge in [-0.1, -0.05) is 17.7 Å². The van der Waals surface area contributed by atoms with Gasteiger partial charge in [0.1, 0.15) is 16.5 Å². The first-order chi connectivity index (χ1) is 9.72. The van der Waals surface area contributed by atoms with Crippen LogP contribution in [-0.2, 0) is 11.3 Å². The van der Waals surface area contributed by atoms with Gasteiger partial charge >= 0.3 is 5.97 Å². The Morgan fingerprint density at radius 3 is 2.90 bits per heavy atom. The summed E-state index contributed by atoms with van der Waals surface area (Å²) < 4.78 is 5.79. The lowest BCUT2D eigenvalue weighted by Crippen LogP contribution is -2.03. The Morgan fingerprint density at radius 1 is 1.30 bits per heavy atom. The highest BCUT2D eigenvalue weighted by Crippen LogP contribution is 2.28. The molecule has 0 amide bonds. The highest BCUT2D eigenvalue weighted by atomic mass is 35.5. The topological polar surface area (TPSA) is 39.2 Å². The van der Waals surface area contributed by atoms with Gasteiger partial charge in [-0.3, -0.25) is 0 Å². The molecule has 102 valence electrons. The number of carbonyl (C=O) groups excluding carboxylic acids is 1. The summed E-state index contributed by atoms with van der Waals surface area (Å²) >= 11 is 10.2. The van der Waals surface area contributed by atoms with E-state index in [1.807, 2.05) is 22.9 Å². The van der Waals surface area contributed by atoms with Crippen molar-refractivity contribution in [2.45, 2.75) is 6.61 Å². The van der Waals surface area contributed by atoms with Gasteiger partial charge < -0.3 is 4.74 Å². The first kappa shape index (κ1) is 13.8. The normalized spacial score (nSPS) is 10.7. The zero-order valence-electron chi connectivity index (χ0n) is 10.0. The molecule has 0 N–H and O–H groups in total. The first-order valence-electron chi connectivity index (χ1n) is 5.63. The molecule has 3 rings (SSSR count). The predicted octanol–water partition coefficient (Wildman–Crippen LogP) is 4.94. The highest BCUT2D eigenvalue weighted by Gasteiger charge is 2.12. The molecule has 7 heteroatoms. The quantitative estimate of drug-likeness (QED) is 0.631. The molecule has 3 nitrogen and oxygen atoms in total. The molecule has 0 bridgehead atoms. The van der Waals surface area contributed by atoms with Crippen molar-refractivity contribution in [1.29, 1.82) is 0 Å². The van der Waals surface area contributed by atoms with Crippen LogP contribution in [-0.4, -0.2) is 11.0 Å². The molecule has 0 fully saturated rings. The van der Waals surface area contributed by atoms with Crippen molar-refractivity contribution in [2.75, 3.05) is 0 Å². The number of esters is 1. The lowest BCUT2D eigenvalue weighted by Gasteiger charge is -1.99. The van der Waals surface area contributed by atoms with Crippen LogP contribution in [0.3, 0.4) is 0 Å². The fraction of sp³-hybridized carbons (Fsp3) is 0.0769. The van der Waals surface area contributed by atoms with E-state index in [-0.39, 0.29) is 12.6 Å². The average Bonchev–Trinajstić information content (AvgIpc) is 3.16. The van der Waals surface area contributed by atoms with Crippen LogP contribution in [0.15, 0.2) is 35.0 Å². The number of halogens is 1. The van der Waals surface area contributed by atoms with Crippen LogP contribution in [0.4, 0.5) is 0 Å². The summed E-state index contributed by atoms with van der Waals surface area (Å²) in [6, 6.07) is 7.35. The molecule has 0 aliphatic heterocycles. The Balaban J connectivity index is 1.63. The number of thiophene rings is 2. The number of hydrogen-bond acceptors (Lipinski definition) is 6. The van der Waals surface area contributed by atoms with Gasteiger partial charge in [0.25, 0.3) is 0 Å². The third-order valence-corrected chi connectivity index (χ3v) is 5.55. The van der Waals surface area contributed by atoms with Gasteiger partial charge in [-0.25, -0.2) is 9.78 Å². The molecule has 0 saturated heterocycles. The fourth-order valence-electron chi connectivity index (χ4n) is 1.52. The fourth-order valence-corrected chi connectivity index (χ4v) is 4.08. The van der Waals surface area contributed by atoms with Gasteiger partial charge in [0.05, 0.1) is 14.9 Å². The number of thiazole rings is 1. The largest absolute Gasteiger partial charge is 0.455 e. The molecule has 0 saturated carbocycles. The molecular weight excluding hydrogens is 334 g/mol. The number of ether oxygens (including phenoxy) is 1. The lowest BCUT2D eigenvalue weighted by molar-refractivity contribution is 0.0474.